The first-order valence-corrected chi connectivity index (χ1v) is 9.04. The minimum atomic E-state index is -1.95. The van der Waals surface area contributed by atoms with Gasteiger partial charge in [-0.3, -0.25) is 4.79 Å². The summed E-state index contributed by atoms with van der Waals surface area (Å²) in [7, 11) is 0. The Balaban J connectivity index is 1.71. The van der Waals surface area contributed by atoms with E-state index in [1.165, 1.54) is 17.0 Å². The molecule has 4 aromatic rings. The summed E-state index contributed by atoms with van der Waals surface area (Å²) in [5, 5.41) is 12.4. The number of amides is 1. The van der Waals surface area contributed by atoms with Gasteiger partial charge < -0.3 is 15.0 Å². The molecule has 2 N–H and O–H groups in total. The van der Waals surface area contributed by atoms with Crippen molar-refractivity contribution in [1.29, 1.82) is 0 Å². The fraction of sp³-hybridized carbons (Fsp3) is 0.0870. The molecule has 0 radical (unpaired) electrons. The monoisotopic (exact) mass is 372 g/mol. The zero-order valence-electron chi connectivity index (χ0n) is 14.9. The number of carbonyl (C=O) groups is 1. The van der Waals surface area contributed by atoms with E-state index >= 15 is 0 Å². The Morgan fingerprint density at radius 2 is 1.71 bits per heavy atom. The van der Waals surface area contributed by atoms with Crippen molar-refractivity contribution in [3.05, 3.63) is 102 Å². The van der Waals surface area contributed by atoms with Crippen LogP contribution in [0.15, 0.2) is 79.0 Å². The van der Waals surface area contributed by atoms with E-state index in [0.717, 1.165) is 16.5 Å². The largest absolute Gasteiger partial charge is 0.372 e. The number of hydrogen-bond acceptors (Lipinski definition) is 2. The highest BCUT2D eigenvalue weighted by Crippen LogP contribution is 2.47. The number of benzene rings is 3. The fourth-order valence-electron chi connectivity index (χ4n) is 4.01. The Hall–Kier alpha value is -3.44. The Kier molecular flexibility index (Phi) is 3.60. The number of anilines is 1. The lowest BCUT2D eigenvalue weighted by atomic mass is 9.87. The molecule has 3 aromatic carbocycles. The predicted molar refractivity (Wildman–Crippen MR) is 105 cm³/mol. The summed E-state index contributed by atoms with van der Waals surface area (Å²) in [5.74, 6) is -0.979. The van der Waals surface area contributed by atoms with Crippen molar-refractivity contribution in [3.63, 3.8) is 0 Å². The molecule has 0 bridgehead atoms. The summed E-state index contributed by atoms with van der Waals surface area (Å²) in [5.41, 5.74) is 0.982. The second kappa shape index (κ2) is 6.04. The van der Waals surface area contributed by atoms with Gasteiger partial charge in [-0.2, -0.15) is 0 Å². The Morgan fingerprint density at radius 1 is 0.964 bits per heavy atom. The number of halogens is 1. The molecule has 1 aliphatic heterocycles. The van der Waals surface area contributed by atoms with E-state index in [2.05, 4.69) is 4.98 Å². The van der Waals surface area contributed by atoms with E-state index in [9.17, 15) is 14.3 Å². The van der Waals surface area contributed by atoms with E-state index in [1.807, 2.05) is 54.6 Å². The van der Waals surface area contributed by atoms with Crippen molar-refractivity contribution in [2.45, 2.75) is 12.1 Å². The topological polar surface area (TPSA) is 56.3 Å². The van der Waals surface area contributed by atoms with Gasteiger partial charge in [0.1, 0.15) is 5.82 Å². The average Bonchev–Trinajstić information content (AvgIpc) is 3.24. The molecule has 1 atom stereocenters. The maximum Gasteiger partial charge on any atom is 0.268 e. The van der Waals surface area contributed by atoms with Crippen molar-refractivity contribution in [1.82, 2.24) is 4.98 Å². The normalized spacial score (nSPS) is 18.6. The molecule has 4 nitrogen and oxygen atoms in total. The Bertz CT molecular complexity index is 1200. The van der Waals surface area contributed by atoms with Crippen molar-refractivity contribution >= 4 is 22.5 Å². The van der Waals surface area contributed by atoms with Crippen LogP contribution in [0.4, 0.5) is 10.1 Å². The first kappa shape index (κ1) is 16.7. The van der Waals surface area contributed by atoms with Crippen LogP contribution in [-0.2, 0) is 16.9 Å². The quantitative estimate of drug-likeness (QED) is 0.569. The van der Waals surface area contributed by atoms with Crippen LogP contribution in [0.3, 0.4) is 0 Å². The molecule has 5 heteroatoms. The van der Waals surface area contributed by atoms with Crippen molar-refractivity contribution in [3.8, 4) is 0 Å². The number of nitrogens with one attached hydrogen (secondary N) is 1. The molecule has 0 fully saturated rings. The van der Waals surface area contributed by atoms with Crippen molar-refractivity contribution in [2.24, 2.45) is 0 Å². The fourth-order valence-corrected chi connectivity index (χ4v) is 4.01. The first-order valence-electron chi connectivity index (χ1n) is 9.04. The van der Waals surface area contributed by atoms with Crippen LogP contribution in [0.1, 0.15) is 16.7 Å². The highest BCUT2D eigenvalue weighted by Gasteiger charge is 2.52. The summed E-state index contributed by atoms with van der Waals surface area (Å²) in [4.78, 5) is 18.1. The molecule has 1 aromatic heterocycles. The standard InChI is InChI=1S/C23H17FN2O2/c24-16-10-11-21-18(12-16)23(28,19-13-25-20-9-5-4-8-17(19)20)22(27)26(21)14-15-6-2-1-3-7-15/h1-13,25,28H,14H2. The third kappa shape index (κ3) is 2.30. The van der Waals surface area contributed by atoms with Gasteiger partial charge in [0, 0.05) is 28.2 Å². The second-order valence-corrected chi connectivity index (χ2v) is 7.00. The number of para-hydroxylation sites is 1. The van der Waals surface area contributed by atoms with E-state index in [0.29, 0.717) is 17.8 Å². The van der Waals surface area contributed by atoms with Gasteiger partial charge in [-0.15, -0.1) is 0 Å². The lowest BCUT2D eigenvalue weighted by Gasteiger charge is -2.23. The number of hydrogen-bond donors (Lipinski definition) is 2. The summed E-state index contributed by atoms with van der Waals surface area (Å²) in [6, 6.07) is 21.1. The van der Waals surface area contributed by atoms with Crippen LogP contribution in [0.5, 0.6) is 0 Å². The van der Waals surface area contributed by atoms with Crippen molar-refractivity contribution < 1.29 is 14.3 Å². The second-order valence-electron chi connectivity index (χ2n) is 7.00. The van der Waals surface area contributed by atoms with Crippen LogP contribution in [0, 0.1) is 5.82 Å². The summed E-state index contributed by atoms with van der Waals surface area (Å²) >= 11 is 0. The Morgan fingerprint density at radius 3 is 2.54 bits per heavy atom. The van der Waals surface area contributed by atoms with Crippen LogP contribution in [0.2, 0.25) is 0 Å². The van der Waals surface area contributed by atoms with Crippen LogP contribution in [0.25, 0.3) is 10.9 Å². The van der Waals surface area contributed by atoms with E-state index < -0.39 is 17.3 Å². The molecule has 1 amide bonds. The van der Waals surface area contributed by atoms with Gasteiger partial charge in [0.2, 0.25) is 0 Å². The van der Waals surface area contributed by atoms with Crippen molar-refractivity contribution in [2.75, 3.05) is 4.90 Å². The van der Waals surface area contributed by atoms with E-state index in [4.69, 9.17) is 0 Å². The number of aromatic amines is 1. The lowest BCUT2D eigenvalue weighted by Crippen LogP contribution is -2.40. The van der Waals surface area contributed by atoms with E-state index in [-0.39, 0.29) is 5.56 Å². The molecule has 0 aliphatic carbocycles. The Labute approximate surface area is 160 Å². The van der Waals surface area contributed by atoms with Gasteiger partial charge in [0.25, 0.3) is 5.91 Å². The molecule has 28 heavy (non-hydrogen) atoms. The molecule has 1 unspecified atom stereocenters. The smallest absolute Gasteiger partial charge is 0.268 e. The first-order chi connectivity index (χ1) is 13.6. The summed E-state index contributed by atoms with van der Waals surface area (Å²) in [6.07, 6.45) is 1.63. The van der Waals surface area contributed by atoms with Crippen LogP contribution in [-0.4, -0.2) is 16.0 Å². The minimum absolute atomic E-state index is 0.262. The highest BCUT2D eigenvalue weighted by molar-refractivity contribution is 6.11. The maximum atomic E-state index is 14.1. The number of fused-ring (bicyclic) bond motifs is 2. The third-order valence-corrected chi connectivity index (χ3v) is 5.36. The molecule has 2 heterocycles. The number of rotatable bonds is 3. The minimum Gasteiger partial charge on any atom is -0.372 e. The number of nitrogens with zero attached hydrogens (tertiary/aromatic N) is 1. The molecule has 138 valence electrons. The molecule has 5 rings (SSSR count). The number of H-pyrrole nitrogens is 1. The number of aromatic nitrogens is 1. The molecule has 0 saturated heterocycles. The summed E-state index contributed by atoms with van der Waals surface area (Å²) < 4.78 is 14.1. The molecule has 0 spiro atoms. The SMILES string of the molecule is O=C1N(Cc2ccccc2)c2ccc(F)cc2C1(O)c1c[nH]c2ccccc12. The predicted octanol–water partition coefficient (Wildman–Crippen LogP) is 4.09. The molecular formula is C23H17FN2O2. The van der Waals surface area contributed by atoms with Crippen LogP contribution < -0.4 is 4.90 Å². The average molecular weight is 372 g/mol. The van der Waals surface area contributed by atoms with Gasteiger partial charge in [-0.1, -0.05) is 48.5 Å². The zero-order chi connectivity index (χ0) is 19.3. The molecule has 1 aliphatic rings. The van der Waals surface area contributed by atoms with Gasteiger partial charge in [-0.05, 0) is 29.8 Å². The van der Waals surface area contributed by atoms with Gasteiger partial charge in [0.05, 0.1) is 12.2 Å². The van der Waals surface area contributed by atoms with Gasteiger partial charge in [0.15, 0.2) is 5.60 Å². The van der Waals surface area contributed by atoms with Crippen LogP contribution >= 0.6 is 0 Å². The van der Waals surface area contributed by atoms with E-state index in [1.54, 1.807) is 12.3 Å². The summed E-state index contributed by atoms with van der Waals surface area (Å²) in [6.45, 7) is 0.295. The number of carbonyl (C=O) groups excluding carboxylic acids is 1. The number of aliphatic hydroxyl groups is 1. The van der Waals surface area contributed by atoms with Gasteiger partial charge >= 0.3 is 0 Å². The maximum absolute atomic E-state index is 14.1. The highest BCUT2D eigenvalue weighted by atomic mass is 19.1. The van der Waals surface area contributed by atoms with Gasteiger partial charge in [-0.25, -0.2) is 4.39 Å². The lowest BCUT2D eigenvalue weighted by molar-refractivity contribution is -0.132. The molecule has 0 saturated carbocycles. The molecular weight excluding hydrogens is 355 g/mol. The third-order valence-electron chi connectivity index (χ3n) is 5.36. The zero-order valence-corrected chi connectivity index (χ0v) is 14.9.